The van der Waals surface area contributed by atoms with E-state index in [1.54, 1.807) is 6.08 Å². The molecule has 2 unspecified atom stereocenters. The topological polar surface area (TPSA) is 149 Å². The number of rotatable bonds is 30. The van der Waals surface area contributed by atoms with Crippen LogP contribution in [-0.2, 0) is 14.3 Å². The second-order valence-corrected chi connectivity index (χ2v) is 13.4. The lowest BCUT2D eigenvalue weighted by molar-refractivity contribution is -0.302. The fourth-order valence-corrected chi connectivity index (χ4v) is 5.98. The molecule has 7 atom stereocenters. The number of hydrogen-bond donors (Lipinski definition) is 6. The zero-order valence-electron chi connectivity index (χ0n) is 29.3. The second kappa shape index (κ2) is 28.9. The van der Waals surface area contributed by atoms with Crippen molar-refractivity contribution in [2.45, 2.75) is 204 Å². The highest BCUT2D eigenvalue weighted by atomic mass is 16.7. The number of amides is 1. The summed E-state index contributed by atoms with van der Waals surface area (Å²) in [4.78, 5) is 12.8. The van der Waals surface area contributed by atoms with Crippen molar-refractivity contribution in [3.8, 4) is 0 Å². The summed E-state index contributed by atoms with van der Waals surface area (Å²) in [6, 6.07) is -0.795. The molecule has 272 valence electrons. The van der Waals surface area contributed by atoms with Gasteiger partial charge in [0.2, 0.25) is 5.91 Å². The third-order valence-corrected chi connectivity index (χ3v) is 9.11. The number of ether oxygens (including phenoxy) is 2. The van der Waals surface area contributed by atoms with Crippen LogP contribution in [0.2, 0.25) is 0 Å². The lowest BCUT2D eigenvalue weighted by Crippen LogP contribution is -2.60. The van der Waals surface area contributed by atoms with Crippen molar-refractivity contribution in [3.05, 3.63) is 12.2 Å². The highest BCUT2D eigenvalue weighted by Gasteiger charge is 2.44. The van der Waals surface area contributed by atoms with Gasteiger partial charge in [-0.1, -0.05) is 148 Å². The van der Waals surface area contributed by atoms with E-state index in [2.05, 4.69) is 19.2 Å². The molecule has 46 heavy (non-hydrogen) atoms. The van der Waals surface area contributed by atoms with E-state index in [4.69, 9.17) is 9.47 Å². The van der Waals surface area contributed by atoms with Gasteiger partial charge in [0, 0.05) is 6.42 Å². The Hall–Kier alpha value is -1.07. The molecule has 0 aromatic rings. The van der Waals surface area contributed by atoms with Crippen LogP contribution in [0.4, 0.5) is 0 Å². The Kier molecular flexibility index (Phi) is 27.0. The quantitative estimate of drug-likeness (QED) is 0.0394. The van der Waals surface area contributed by atoms with Crippen molar-refractivity contribution in [3.63, 3.8) is 0 Å². The largest absolute Gasteiger partial charge is 0.394 e. The van der Waals surface area contributed by atoms with Gasteiger partial charge in [-0.25, -0.2) is 0 Å². The van der Waals surface area contributed by atoms with Gasteiger partial charge < -0.3 is 40.3 Å². The van der Waals surface area contributed by atoms with E-state index in [1.165, 1.54) is 103 Å². The molecule has 1 heterocycles. The SMILES string of the molecule is CCCCCCCCCCCC/C=C/[C@@H](O)[C@H](CO[C@@H]1O[C@H](CO)[C@H](O)C(O)C1O)NC(=O)CCCCCCCCCCCCC. The minimum absolute atomic E-state index is 0.180. The van der Waals surface area contributed by atoms with E-state index < -0.39 is 49.5 Å². The Bertz CT molecular complexity index is 736. The van der Waals surface area contributed by atoms with E-state index in [1.807, 2.05) is 6.08 Å². The highest BCUT2D eigenvalue weighted by molar-refractivity contribution is 5.76. The number of hydrogen-bond acceptors (Lipinski definition) is 8. The predicted octanol–water partition coefficient (Wildman–Crippen LogP) is 6.22. The van der Waals surface area contributed by atoms with Crippen LogP contribution in [0.1, 0.15) is 162 Å². The summed E-state index contributed by atoms with van der Waals surface area (Å²) >= 11 is 0. The van der Waals surface area contributed by atoms with Crippen LogP contribution in [0.3, 0.4) is 0 Å². The van der Waals surface area contributed by atoms with Crippen molar-refractivity contribution < 1.29 is 39.8 Å². The molecule has 1 aliphatic heterocycles. The van der Waals surface area contributed by atoms with E-state index >= 15 is 0 Å². The van der Waals surface area contributed by atoms with Gasteiger partial charge in [-0.2, -0.15) is 0 Å². The zero-order chi connectivity index (χ0) is 33.8. The van der Waals surface area contributed by atoms with Gasteiger partial charge in [0.1, 0.15) is 24.4 Å². The van der Waals surface area contributed by atoms with Gasteiger partial charge in [0.05, 0.1) is 25.4 Å². The molecule has 0 radical (unpaired) electrons. The zero-order valence-corrected chi connectivity index (χ0v) is 29.3. The van der Waals surface area contributed by atoms with E-state index in [-0.39, 0.29) is 12.5 Å². The number of carbonyl (C=O) groups excluding carboxylic acids is 1. The van der Waals surface area contributed by atoms with Crippen LogP contribution in [0.5, 0.6) is 0 Å². The van der Waals surface area contributed by atoms with Crippen molar-refractivity contribution in [1.82, 2.24) is 5.32 Å². The molecule has 0 aliphatic carbocycles. The third-order valence-electron chi connectivity index (χ3n) is 9.11. The number of aliphatic hydroxyl groups excluding tert-OH is 5. The van der Waals surface area contributed by atoms with Crippen LogP contribution in [-0.4, -0.2) is 87.5 Å². The summed E-state index contributed by atoms with van der Waals surface area (Å²) in [5.41, 5.74) is 0. The molecule has 0 saturated carbocycles. The molecular weight excluding hydrogens is 586 g/mol. The number of carbonyl (C=O) groups is 1. The molecule has 6 N–H and O–H groups in total. The van der Waals surface area contributed by atoms with Gasteiger partial charge >= 0.3 is 0 Å². The summed E-state index contributed by atoms with van der Waals surface area (Å²) in [7, 11) is 0. The Balaban J connectivity index is 2.48. The minimum Gasteiger partial charge on any atom is -0.394 e. The third kappa shape index (κ3) is 20.3. The maximum atomic E-state index is 12.8. The molecule has 1 fully saturated rings. The first kappa shape index (κ1) is 43.0. The number of unbranched alkanes of at least 4 members (excludes halogenated alkanes) is 20. The highest BCUT2D eigenvalue weighted by Crippen LogP contribution is 2.22. The number of allylic oxidation sites excluding steroid dienone is 1. The molecule has 0 aromatic heterocycles. The van der Waals surface area contributed by atoms with Gasteiger partial charge in [-0.15, -0.1) is 0 Å². The maximum Gasteiger partial charge on any atom is 0.220 e. The van der Waals surface area contributed by atoms with E-state index in [0.29, 0.717) is 6.42 Å². The van der Waals surface area contributed by atoms with Gasteiger partial charge in [0.25, 0.3) is 0 Å². The summed E-state index contributed by atoms with van der Waals surface area (Å²) < 4.78 is 11.1. The first-order valence-electron chi connectivity index (χ1n) is 18.9. The van der Waals surface area contributed by atoms with Crippen LogP contribution in [0.25, 0.3) is 0 Å². The monoisotopic (exact) mass is 658 g/mol. The van der Waals surface area contributed by atoms with Gasteiger partial charge in [-0.05, 0) is 19.3 Å². The number of aliphatic hydroxyl groups is 5. The average Bonchev–Trinajstić information content (AvgIpc) is 3.05. The maximum absolute atomic E-state index is 12.8. The normalized spacial score (nSPS) is 23.2. The molecule has 1 amide bonds. The fraction of sp³-hybridized carbons (Fsp3) is 0.919. The molecule has 0 bridgehead atoms. The molecular formula is C37H71NO8. The molecule has 9 nitrogen and oxygen atoms in total. The summed E-state index contributed by atoms with van der Waals surface area (Å²) in [5, 5.41) is 53.8. The summed E-state index contributed by atoms with van der Waals surface area (Å²) in [6.45, 7) is 3.73. The van der Waals surface area contributed by atoms with Crippen molar-refractivity contribution in [1.29, 1.82) is 0 Å². The van der Waals surface area contributed by atoms with Gasteiger partial charge in [-0.3, -0.25) is 4.79 Å². The lowest BCUT2D eigenvalue weighted by Gasteiger charge is -2.40. The fourth-order valence-electron chi connectivity index (χ4n) is 5.98. The van der Waals surface area contributed by atoms with Crippen LogP contribution < -0.4 is 5.32 Å². The van der Waals surface area contributed by atoms with E-state index in [9.17, 15) is 30.3 Å². The van der Waals surface area contributed by atoms with Gasteiger partial charge in [0.15, 0.2) is 6.29 Å². The van der Waals surface area contributed by atoms with Crippen LogP contribution in [0, 0.1) is 0 Å². The van der Waals surface area contributed by atoms with E-state index in [0.717, 1.165) is 38.5 Å². The molecule has 1 rings (SSSR count). The Labute approximate surface area is 280 Å². The van der Waals surface area contributed by atoms with Crippen molar-refractivity contribution >= 4 is 5.91 Å². The number of nitrogens with one attached hydrogen (secondary N) is 1. The molecule has 1 saturated heterocycles. The molecule has 0 spiro atoms. The van der Waals surface area contributed by atoms with Crippen LogP contribution >= 0.6 is 0 Å². The minimum atomic E-state index is -1.56. The predicted molar refractivity (Wildman–Crippen MR) is 184 cm³/mol. The Morgan fingerprint density at radius 2 is 1.20 bits per heavy atom. The summed E-state index contributed by atoms with van der Waals surface area (Å²) in [6.07, 6.45) is 22.5. The Morgan fingerprint density at radius 1 is 0.717 bits per heavy atom. The molecule has 9 heteroatoms. The molecule has 1 aliphatic rings. The lowest BCUT2D eigenvalue weighted by atomic mass is 9.99. The molecule has 0 aromatic carbocycles. The van der Waals surface area contributed by atoms with Crippen LogP contribution in [0.15, 0.2) is 12.2 Å². The van der Waals surface area contributed by atoms with Crippen molar-refractivity contribution in [2.75, 3.05) is 13.2 Å². The first-order valence-corrected chi connectivity index (χ1v) is 18.9. The Morgan fingerprint density at radius 3 is 1.70 bits per heavy atom. The summed E-state index contributed by atoms with van der Waals surface area (Å²) in [5.74, 6) is -0.180. The second-order valence-electron chi connectivity index (χ2n) is 13.4. The van der Waals surface area contributed by atoms with Crippen molar-refractivity contribution in [2.24, 2.45) is 0 Å². The average molecular weight is 658 g/mol. The standard InChI is InChI=1S/C37H71NO8/c1-3-5-7-9-11-13-15-17-18-20-22-24-26-31(40)30(29-45-37-36(44)35(43)34(42)32(28-39)46-37)38-33(41)27-25-23-21-19-16-14-12-10-8-6-4-2/h24,26,30-32,34-37,39-40,42-44H,3-23,25,27-29H2,1-2H3,(H,38,41)/b26-24+/t30-,31+,32+,34-,35?,36?,37+/m0/s1. The first-order chi connectivity index (χ1) is 22.3. The smallest absolute Gasteiger partial charge is 0.220 e.